The van der Waals surface area contributed by atoms with Crippen molar-refractivity contribution in [3.8, 4) is 0 Å². The summed E-state index contributed by atoms with van der Waals surface area (Å²) in [6.45, 7) is 0. The van der Waals surface area contributed by atoms with E-state index in [4.69, 9.17) is 0 Å². The number of anilines is 1. The van der Waals surface area contributed by atoms with Gasteiger partial charge in [0.1, 0.15) is 5.82 Å². The Morgan fingerprint density at radius 3 is 2.36 bits per heavy atom. The van der Waals surface area contributed by atoms with E-state index in [1.54, 1.807) is 12.1 Å². The van der Waals surface area contributed by atoms with Crippen LogP contribution < -0.4 is 4.90 Å². The summed E-state index contributed by atoms with van der Waals surface area (Å²) < 4.78 is 13.5. The minimum absolute atomic E-state index is 0.0677. The number of benzene rings is 1. The van der Waals surface area contributed by atoms with Crippen molar-refractivity contribution in [2.75, 3.05) is 4.90 Å². The van der Waals surface area contributed by atoms with Crippen molar-refractivity contribution in [1.29, 1.82) is 0 Å². The van der Waals surface area contributed by atoms with Gasteiger partial charge in [0.25, 0.3) is 0 Å². The Morgan fingerprint density at radius 1 is 1.07 bits per heavy atom. The van der Waals surface area contributed by atoms with Crippen LogP contribution in [0.1, 0.15) is 25.7 Å². The summed E-state index contributed by atoms with van der Waals surface area (Å²) in [5, 5.41) is 0. The quantitative estimate of drug-likeness (QED) is 0.617. The normalized spacial score (nSPS) is 29.9. The van der Waals surface area contributed by atoms with Gasteiger partial charge in [-0.3, -0.25) is 0 Å². The fourth-order valence-electron chi connectivity index (χ4n) is 2.72. The van der Waals surface area contributed by atoms with Crippen LogP contribution in [-0.2, 0) is 0 Å². The van der Waals surface area contributed by atoms with Gasteiger partial charge in [-0.25, -0.2) is 4.39 Å². The lowest BCUT2D eigenvalue weighted by molar-refractivity contribution is 0.571. The molecule has 0 radical (unpaired) electrons. The van der Waals surface area contributed by atoms with E-state index in [0.29, 0.717) is 12.1 Å². The smallest absolute Gasteiger partial charge is 0.146 e. The Balaban J connectivity index is 1.87. The summed E-state index contributed by atoms with van der Waals surface area (Å²) in [6, 6.07) is 8.41. The van der Waals surface area contributed by atoms with Gasteiger partial charge in [0, 0.05) is 12.1 Å². The highest BCUT2D eigenvalue weighted by atomic mass is 19.1. The molecule has 1 aromatic carbocycles. The predicted molar refractivity (Wildman–Crippen MR) is 54.9 cm³/mol. The molecule has 1 aromatic rings. The second-order valence-electron chi connectivity index (χ2n) is 4.28. The standard InChI is InChI=1S/C12H14FN/c13-9-5-1-2-6-10(9)14-11-7-3-4-8-12(11)14/h1-2,5-6,11-12H,3-4,7-8H2/t11-,12+,14?. The van der Waals surface area contributed by atoms with Gasteiger partial charge < -0.3 is 4.90 Å². The molecule has 14 heavy (non-hydrogen) atoms. The maximum atomic E-state index is 13.5. The van der Waals surface area contributed by atoms with Crippen molar-refractivity contribution in [3.63, 3.8) is 0 Å². The lowest BCUT2D eigenvalue weighted by Crippen LogP contribution is -2.00. The van der Waals surface area contributed by atoms with Crippen molar-refractivity contribution >= 4 is 5.69 Å². The highest BCUT2D eigenvalue weighted by molar-refractivity contribution is 5.57. The minimum atomic E-state index is -0.0677. The SMILES string of the molecule is Fc1ccccc1N1[C@@H]2CCCC[C@@H]21. The third-order valence-electron chi connectivity index (χ3n) is 3.45. The third kappa shape index (κ3) is 1.13. The fourth-order valence-corrected chi connectivity index (χ4v) is 2.72. The Labute approximate surface area is 83.5 Å². The lowest BCUT2D eigenvalue weighted by atomic mass is 10.0. The van der Waals surface area contributed by atoms with E-state index in [1.165, 1.54) is 25.7 Å². The van der Waals surface area contributed by atoms with E-state index >= 15 is 0 Å². The molecule has 0 aromatic heterocycles. The van der Waals surface area contributed by atoms with Gasteiger partial charge in [-0.15, -0.1) is 0 Å². The molecule has 3 rings (SSSR count). The molecule has 0 spiro atoms. The average Bonchev–Trinajstić information content (AvgIpc) is 2.93. The largest absolute Gasteiger partial charge is 0.359 e. The van der Waals surface area contributed by atoms with E-state index in [9.17, 15) is 4.39 Å². The zero-order valence-electron chi connectivity index (χ0n) is 8.12. The second kappa shape index (κ2) is 2.97. The van der Waals surface area contributed by atoms with Crippen LogP contribution in [0.5, 0.6) is 0 Å². The molecular formula is C12H14FN. The van der Waals surface area contributed by atoms with E-state index < -0.39 is 0 Å². The predicted octanol–water partition coefficient (Wildman–Crippen LogP) is 2.96. The van der Waals surface area contributed by atoms with Crippen LogP contribution in [-0.4, -0.2) is 12.1 Å². The van der Waals surface area contributed by atoms with Gasteiger partial charge >= 0.3 is 0 Å². The number of nitrogens with zero attached hydrogens (tertiary/aromatic N) is 1. The van der Waals surface area contributed by atoms with Gasteiger partial charge in [-0.2, -0.15) is 0 Å². The van der Waals surface area contributed by atoms with E-state index in [2.05, 4.69) is 4.90 Å². The minimum Gasteiger partial charge on any atom is -0.359 e. The van der Waals surface area contributed by atoms with Crippen molar-refractivity contribution in [2.24, 2.45) is 0 Å². The first-order chi connectivity index (χ1) is 6.88. The average molecular weight is 191 g/mol. The van der Waals surface area contributed by atoms with Crippen LogP contribution in [0.25, 0.3) is 0 Å². The number of hydrogen-bond acceptors (Lipinski definition) is 1. The van der Waals surface area contributed by atoms with Crippen molar-refractivity contribution in [1.82, 2.24) is 0 Å². The fraction of sp³-hybridized carbons (Fsp3) is 0.500. The van der Waals surface area contributed by atoms with Crippen LogP contribution in [0.3, 0.4) is 0 Å². The van der Waals surface area contributed by atoms with Crippen LogP contribution >= 0.6 is 0 Å². The molecule has 1 nitrogen and oxygen atoms in total. The summed E-state index contributed by atoms with van der Waals surface area (Å²) in [6.07, 6.45) is 5.12. The summed E-state index contributed by atoms with van der Waals surface area (Å²) in [5.74, 6) is -0.0677. The number of halogens is 1. The third-order valence-corrected chi connectivity index (χ3v) is 3.45. The second-order valence-corrected chi connectivity index (χ2v) is 4.28. The van der Waals surface area contributed by atoms with Crippen LogP contribution in [0.4, 0.5) is 10.1 Å². The first kappa shape index (κ1) is 8.27. The first-order valence-corrected chi connectivity index (χ1v) is 5.41. The van der Waals surface area contributed by atoms with Crippen molar-refractivity contribution < 1.29 is 4.39 Å². The first-order valence-electron chi connectivity index (χ1n) is 5.41. The van der Waals surface area contributed by atoms with E-state index in [1.807, 2.05) is 12.1 Å². The van der Waals surface area contributed by atoms with Gasteiger partial charge in [-0.05, 0) is 25.0 Å². The molecule has 2 heteroatoms. The van der Waals surface area contributed by atoms with Crippen LogP contribution in [0, 0.1) is 5.82 Å². The van der Waals surface area contributed by atoms with E-state index in [0.717, 1.165) is 5.69 Å². The van der Waals surface area contributed by atoms with Gasteiger partial charge in [0.2, 0.25) is 0 Å². The number of fused-ring (bicyclic) bond motifs is 1. The summed E-state index contributed by atoms with van der Waals surface area (Å²) in [7, 11) is 0. The molecular weight excluding hydrogens is 177 g/mol. The molecule has 2 atom stereocenters. The highest BCUT2D eigenvalue weighted by Crippen LogP contribution is 2.44. The maximum Gasteiger partial charge on any atom is 0.146 e. The van der Waals surface area contributed by atoms with Crippen LogP contribution in [0.15, 0.2) is 24.3 Å². The number of para-hydroxylation sites is 1. The molecule has 1 saturated heterocycles. The Bertz CT molecular complexity index is 338. The molecule has 0 bridgehead atoms. The molecule has 1 heterocycles. The zero-order chi connectivity index (χ0) is 9.54. The zero-order valence-corrected chi connectivity index (χ0v) is 8.12. The van der Waals surface area contributed by atoms with Crippen molar-refractivity contribution in [2.45, 2.75) is 37.8 Å². The summed E-state index contributed by atoms with van der Waals surface area (Å²) in [5.41, 5.74) is 0.810. The maximum absolute atomic E-state index is 13.5. The molecule has 0 amide bonds. The molecule has 1 saturated carbocycles. The monoisotopic (exact) mass is 191 g/mol. The molecule has 2 aliphatic rings. The Kier molecular flexibility index (Phi) is 1.76. The molecule has 0 unspecified atom stereocenters. The van der Waals surface area contributed by atoms with E-state index in [-0.39, 0.29) is 5.82 Å². The number of hydrogen-bond donors (Lipinski definition) is 0. The lowest BCUT2D eigenvalue weighted by Gasteiger charge is -2.05. The molecule has 2 fully saturated rings. The van der Waals surface area contributed by atoms with Crippen molar-refractivity contribution in [3.05, 3.63) is 30.1 Å². The Hall–Kier alpha value is -1.05. The Morgan fingerprint density at radius 2 is 1.71 bits per heavy atom. The molecule has 1 aliphatic carbocycles. The number of rotatable bonds is 1. The summed E-state index contributed by atoms with van der Waals surface area (Å²) >= 11 is 0. The van der Waals surface area contributed by atoms with Gasteiger partial charge in [-0.1, -0.05) is 25.0 Å². The molecule has 74 valence electrons. The van der Waals surface area contributed by atoms with Crippen LogP contribution in [0.2, 0.25) is 0 Å². The summed E-state index contributed by atoms with van der Waals surface area (Å²) in [4.78, 5) is 2.25. The molecule has 1 aliphatic heterocycles. The highest BCUT2D eigenvalue weighted by Gasteiger charge is 2.48. The van der Waals surface area contributed by atoms with Gasteiger partial charge in [0.05, 0.1) is 5.69 Å². The molecule has 0 N–H and O–H groups in total. The van der Waals surface area contributed by atoms with Gasteiger partial charge in [0.15, 0.2) is 0 Å². The topological polar surface area (TPSA) is 3.01 Å².